The summed E-state index contributed by atoms with van der Waals surface area (Å²) in [6.07, 6.45) is 3.12. The lowest BCUT2D eigenvalue weighted by Crippen LogP contribution is -2.08. The number of aromatic nitrogens is 1. The van der Waals surface area contributed by atoms with Gasteiger partial charge in [-0.1, -0.05) is 6.07 Å². The van der Waals surface area contributed by atoms with Crippen LogP contribution in [0.2, 0.25) is 0 Å². The van der Waals surface area contributed by atoms with Crippen LogP contribution in [0.1, 0.15) is 21.5 Å². The van der Waals surface area contributed by atoms with E-state index in [0.29, 0.717) is 10.0 Å². The largest absolute Gasteiger partial charge is 0.478 e. The fraction of sp³-hybridized carbons (Fsp3) is 0.143. The number of carboxylic acid groups (broad SMARTS) is 1. The third-order valence-electron chi connectivity index (χ3n) is 2.80. The van der Waals surface area contributed by atoms with Crippen molar-refractivity contribution in [3.63, 3.8) is 0 Å². The summed E-state index contributed by atoms with van der Waals surface area (Å²) >= 11 is 3.16. The molecule has 7 heteroatoms. The highest BCUT2D eigenvalue weighted by Gasteiger charge is 2.20. The van der Waals surface area contributed by atoms with E-state index in [2.05, 4.69) is 20.9 Å². The number of nitrogens with zero attached hydrogens (tertiary/aromatic N) is 1. The number of sulfone groups is 1. The lowest BCUT2D eigenvalue weighted by molar-refractivity contribution is 0.0696. The van der Waals surface area contributed by atoms with Crippen molar-refractivity contribution in [1.82, 2.24) is 4.98 Å². The predicted octanol–water partition coefficient (Wildman–Crippen LogP) is 2.82. The van der Waals surface area contributed by atoms with Gasteiger partial charge in [0.1, 0.15) is 0 Å². The van der Waals surface area contributed by atoms with Crippen LogP contribution in [0.5, 0.6) is 0 Å². The van der Waals surface area contributed by atoms with E-state index in [9.17, 15) is 13.2 Å². The van der Waals surface area contributed by atoms with Crippen LogP contribution in [0, 0.1) is 6.92 Å². The van der Waals surface area contributed by atoms with Gasteiger partial charge in [0.05, 0.1) is 16.2 Å². The summed E-state index contributed by atoms with van der Waals surface area (Å²) in [6, 6.07) is 5.66. The molecule has 0 spiro atoms. The van der Waals surface area contributed by atoms with Crippen LogP contribution in [0.25, 0.3) is 0 Å². The number of benzene rings is 1. The number of halogens is 1. The highest BCUT2D eigenvalue weighted by molar-refractivity contribution is 9.10. The minimum absolute atomic E-state index is 0.0380. The van der Waals surface area contributed by atoms with Crippen molar-refractivity contribution in [2.75, 3.05) is 0 Å². The van der Waals surface area contributed by atoms with Gasteiger partial charge in [-0.25, -0.2) is 13.2 Å². The monoisotopic (exact) mass is 369 g/mol. The van der Waals surface area contributed by atoms with Gasteiger partial charge < -0.3 is 5.11 Å². The summed E-state index contributed by atoms with van der Waals surface area (Å²) in [7, 11) is -3.67. The summed E-state index contributed by atoms with van der Waals surface area (Å²) in [4.78, 5) is 14.9. The molecule has 0 amide bonds. The number of aromatic carboxylic acids is 1. The molecule has 0 bridgehead atoms. The van der Waals surface area contributed by atoms with E-state index in [4.69, 9.17) is 5.11 Å². The van der Waals surface area contributed by atoms with E-state index in [1.54, 1.807) is 12.3 Å². The fourth-order valence-electron chi connectivity index (χ4n) is 1.87. The molecule has 5 nitrogen and oxygen atoms in total. The lowest BCUT2D eigenvalue weighted by atomic mass is 10.2. The van der Waals surface area contributed by atoms with Gasteiger partial charge in [-0.3, -0.25) is 4.98 Å². The Hall–Kier alpha value is -1.73. The summed E-state index contributed by atoms with van der Waals surface area (Å²) in [5, 5.41) is 8.97. The second-order valence-corrected chi connectivity index (χ2v) is 7.39. The molecule has 0 aliphatic carbocycles. The average molecular weight is 370 g/mol. The molecule has 2 aromatic rings. The van der Waals surface area contributed by atoms with E-state index in [1.165, 1.54) is 18.3 Å². The molecule has 0 aliphatic rings. The molecule has 0 unspecified atom stereocenters. The van der Waals surface area contributed by atoms with E-state index in [-0.39, 0.29) is 16.2 Å². The fourth-order valence-corrected chi connectivity index (χ4v) is 4.28. The molecule has 1 N–H and O–H groups in total. The molecule has 110 valence electrons. The molecule has 1 heterocycles. The van der Waals surface area contributed by atoms with Crippen LogP contribution >= 0.6 is 15.9 Å². The van der Waals surface area contributed by atoms with Crippen LogP contribution in [0.4, 0.5) is 0 Å². The van der Waals surface area contributed by atoms with Gasteiger partial charge in [-0.2, -0.15) is 0 Å². The maximum atomic E-state index is 12.5. The van der Waals surface area contributed by atoms with E-state index < -0.39 is 15.8 Å². The number of carbonyl (C=O) groups is 1. The van der Waals surface area contributed by atoms with Crippen molar-refractivity contribution >= 4 is 31.7 Å². The van der Waals surface area contributed by atoms with Crippen LogP contribution in [-0.4, -0.2) is 24.5 Å². The smallest absolute Gasteiger partial charge is 0.335 e. The zero-order chi connectivity index (χ0) is 15.6. The van der Waals surface area contributed by atoms with Crippen molar-refractivity contribution in [2.45, 2.75) is 17.6 Å². The first kappa shape index (κ1) is 15.7. The first-order valence-electron chi connectivity index (χ1n) is 5.96. The summed E-state index contributed by atoms with van der Waals surface area (Å²) in [5.74, 6) is -1.40. The highest BCUT2D eigenvalue weighted by atomic mass is 79.9. The Balaban J connectivity index is 2.44. The third-order valence-corrected chi connectivity index (χ3v) is 5.48. The molecule has 0 atom stereocenters. The number of carboxylic acids is 1. The summed E-state index contributed by atoms with van der Waals surface area (Å²) in [5.41, 5.74) is 1.35. The number of aryl methyl sites for hydroxylation is 1. The van der Waals surface area contributed by atoms with Crippen molar-refractivity contribution in [3.8, 4) is 0 Å². The number of hydrogen-bond acceptors (Lipinski definition) is 4. The molecular weight excluding hydrogens is 358 g/mol. The predicted molar refractivity (Wildman–Crippen MR) is 81.0 cm³/mol. The van der Waals surface area contributed by atoms with Gasteiger partial charge in [0, 0.05) is 16.9 Å². The van der Waals surface area contributed by atoms with Crippen LogP contribution in [0.3, 0.4) is 0 Å². The van der Waals surface area contributed by atoms with Gasteiger partial charge in [0.15, 0.2) is 9.84 Å². The summed E-state index contributed by atoms with van der Waals surface area (Å²) in [6.45, 7) is 1.82. The zero-order valence-electron chi connectivity index (χ0n) is 11.1. The molecule has 0 fully saturated rings. The Kier molecular flexibility index (Phi) is 4.43. The van der Waals surface area contributed by atoms with Gasteiger partial charge in [0.2, 0.25) is 0 Å². The van der Waals surface area contributed by atoms with E-state index >= 15 is 0 Å². The van der Waals surface area contributed by atoms with Gasteiger partial charge >= 0.3 is 5.97 Å². The Morgan fingerprint density at radius 3 is 2.62 bits per heavy atom. The Labute approximate surface area is 130 Å². The molecule has 2 rings (SSSR count). The maximum absolute atomic E-state index is 12.5. The maximum Gasteiger partial charge on any atom is 0.335 e. The van der Waals surface area contributed by atoms with Gasteiger partial charge in [-0.05, 0) is 52.2 Å². The van der Waals surface area contributed by atoms with Crippen LogP contribution in [-0.2, 0) is 15.6 Å². The minimum atomic E-state index is -3.67. The average Bonchev–Trinajstić information content (AvgIpc) is 2.38. The molecule has 0 aliphatic heterocycles. The topological polar surface area (TPSA) is 84.3 Å². The van der Waals surface area contributed by atoms with Crippen molar-refractivity contribution < 1.29 is 18.3 Å². The van der Waals surface area contributed by atoms with Gasteiger partial charge in [0.25, 0.3) is 0 Å². The Bertz CT molecular complexity index is 802. The second kappa shape index (κ2) is 5.95. The summed E-state index contributed by atoms with van der Waals surface area (Å²) < 4.78 is 25.3. The van der Waals surface area contributed by atoms with Crippen molar-refractivity contribution in [3.05, 3.63) is 57.8 Å². The van der Waals surface area contributed by atoms with Gasteiger partial charge in [-0.15, -0.1) is 0 Å². The zero-order valence-corrected chi connectivity index (χ0v) is 13.5. The van der Waals surface area contributed by atoms with Crippen LogP contribution < -0.4 is 0 Å². The van der Waals surface area contributed by atoms with Crippen LogP contribution in [0.15, 0.2) is 46.0 Å². The first-order chi connectivity index (χ1) is 9.79. The molecule has 21 heavy (non-hydrogen) atoms. The number of rotatable bonds is 4. The molecule has 1 aromatic heterocycles. The van der Waals surface area contributed by atoms with Crippen molar-refractivity contribution in [2.24, 2.45) is 0 Å². The molecular formula is C14H12BrNO4S. The highest BCUT2D eigenvalue weighted by Crippen LogP contribution is 2.26. The Morgan fingerprint density at radius 1 is 1.29 bits per heavy atom. The minimum Gasteiger partial charge on any atom is -0.478 e. The van der Waals surface area contributed by atoms with E-state index in [1.807, 2.05) is 6.92 Å². The number of pyridine rings is 1. The molecule has 0 saturated heterocycles. The normalized spacial score (nSPS) is 11.3. The lowest BCUT2D eigenvalue weighted by Gasteiger charge is -2.08. The van der Waals surface area contributed by atoms with Crippen molar-refractivity contribution in [1.29, 1.82) is 0 Å². The molecule has 0 radical (unpaired) electrons. The standard InChI is InChI=1S/C14H12BrNO4S/c1-9-4-10(7-16-6-9)8-21(19,20)13-5-11(14(17)18)2-3-12(13)15/h2-7H,8H2,1H3,(H,17,18). The molecule has 1 aromatic carbocycles. The van der Waals surface area contributed by atoms with E-state index in [0.717, 1.165) is 11.6 Å². The number of hydrogen-bond donors (Lipinski definition) is 1. The quantitative estimate of drug-likeness (QED) is 0.895. The SMILES string of the molecule is Cc1cncc(CS(=O)(=O)c2cc(C(=O)O)ccc2Br)c1. The Morgan fingerprint density at radius 2 is 2.00 bits per heavy atom. The third kappa shape index (κ3) is 3.68. The molecule has 0 saturated carbocycles. The second-order valence-electron chi connectivity index (χ2n) is 4.58. The first-order valence-corrected chi connectivity index (χ1v) is 8.40.